The summed E-state index contributed by atoms with van der Waals surface area (Å²) in [5.74, 6) is -1.04. The Hall–Kier alpha value is -0.580. The molecule has 0 spiro atoms. The second kappa shape index (κ2) is 3.43. The molecule has 1 fully saturated rings. The Bertz CT molecular complexity index is 219. The van der Waals surface area contributed by atoms with Crippen molar-refractivity contribution in [1.82, 2.24) is 4.90 Å². The van der Waals surface area contributed by atoms with Gasteiger partial charge in [-0.1, -0.05) is 15.9 Å². The van der Waals surface area contributed by atoms with E-state index in [1.165, 1.54) is 11.8 Å². The fourth-order valence-electron chi connectivity index (χ4n) is 1.19. The van der Waals surface area contributed by atoms with Gasteiger partial charge in [-0.2, -0.15) is 0 Å². The van der Waals surface area contributed by atoms with Crippen molar-refractivity contribution in [2.45, 2.75) is 24.2 Å². The molecule has 1 saturated heterocycles. The molecule has 0 radical (unpaired) electrons. The lowest BCUT2D eigenvalue weighted by atomic mass is 10.3. The lowest BCUT2D eigenvalue weighted by molar-refractivity contribution is -0.147. The Kier molecular flexibility index (Phi) is 2.72. The molecule has 0 aromatic rings. The molecule has 1 unspecified atom stereocenters. The lowest BCUT2D eigenvalue weighted by Gasteiger charge is -2.20. The number of carbonyl (C=O) groups is 2. The Balaban J connectivity index is 2.64. The van der Waals surface area contributed by atoms with E-state index in [0.29, 0.717) is 13.0 Å². The van der Waals surface area contributed by atoms with E-state index in [1.807, 2.05) is 0 Å². The average molecular weight is 236 g/mol. The minimum atomic E-state index is -0.954. The minimum absolute atomic E-state index is 0.0909. The van der Waals surface area contributed by atoms with Crippen molar-refractivity contribution in [1.29, 1.82) is 0 Å². The first kappa shape index (κ1) is 9.51. The summed E-state index contributed by atoms with van der Waals surface area (Å²) in [4.78, 5) is 23.2. The molecular weight excluding hydrogens is 226 g/mol. The van der Waals surface area contributed by atoms with Crippen LogP contribution in [0.15, 0.2) is 0 Å². The molecule has 68 valence electrons. The summed E-state index contributed by atoms with van der Waals surface area (Å²) < 4.78 is 0. The molecule has 2 atom stereocenters. The molecule has 0 aliphatic carbocycles. The van der Waals surface area contributed by atoms with E-state index in [9.17, 15) is 9.59 Å². The Morgan fingerprint density at radius 3 is 2.75 bits per heavy atom. The molecular formula is C7H10BrNO3. The molecule has 0 aromatic carbocycles. The van der Waals surface area contributed by atoms with E-state index in [0.717, 1.165) is 0 Å². The maximum Gasteiger partial charge on any atom is 0.326 e. The molecule has 1 aliphatic heterocycles. The van der Waals surface area contributed by atoms with Crippen LogP contribution in [-0.4, -0.2) is 39.3 Å². The Labute approximate surface area is 78.7 Å². The number of carboxylic acids is 1. The second-order valence-electron chi connectivity index (χ2n) is 2.86. The molecule has 1 aliphatic rings. The second-order valence-corrected chi connectivity index (χ2v) is 4.16. The van der Waals surface area contributed by atoms with Crippen molar-refractivity contribution < 1.29 is 14.7 Å². The first-order valence-corrected chi connectivity index (χ1v) is 4.60. The van der Waals surface area contributed by atoms with E-state index >= 15 is 0 Å². The average Bonchev–Trinajstić information content (AvgIpc) is 2.28. The van der Waals surface area contributed by atoms with Crippen LogP contribution in [0.5, 0.6) is 0 Å². The Morgan fingerprint density at radius 1 is 1.83 bits per heavy atom. The number of amides is 1. The lowest BCUT2D eigenvalue weighted by Crippen LogP contribution is -2.39. The molecule has 1 rings (SSSR count). The first-order valence-electron chi connectivity index (χ1n) is 3.68. The van der Waals surface area contributed by atoms with Gasteiger partial charge in [0.25, 0.3) is 0 Å². The van der Waals surface area contributed by atoms with E-state index < -0.39 is 12.0 Å². The van der Waals surface area contributed by atoms with Crippen LogP contribution in [0.25, 0.3) is 0 Å². The van der Waals surface area contributed by atoms with Crippen LogP contribution in [-0.2, 0) is 9.59 Å². The predicted octanol–water partition coefficient (Wildman–Crippen LogP) is 0.455. The highest BCUT2D eigenvalue weighted by molar-refractivity contribution is 9.09. The third kappa shape index (κ3) is 1.77. The number of halogens is 1. The summed E-state index contributed by atoms with van der Waals surface area (Å²) in [6, 6.07) is -0.708. The molecule has 0 bridgehead atoms. The van der Waals surface area contributed by atoms with Gasteiger partial charge in [0.2, 0.25) is 5.91 Å². The van der Waals surface area contributed by atoms with Gasteiger partial charge in [-0.15, -0.1) is 0 Å². The number of aliphatic carboxylic acids is 1. The largest absolute Gasteiger partial charge is 0.480 e. The van der Waals surface area contributed by atoms with Crippen LogP contribution < -0.4 is 0 Å². The van der Waals surface area contributed by atoms with Gasteiger partial charge in [0, 0.05) is 17.8 Å². The minimum Gasteiger partial charge on any atom is -0.480 e. The van der Waals surface area contributed by atoms with Gasteiger partial charge < -0.3 is 10.0 Å². The van der Waals surface area contributed by atoms with Gasteiger partial charge in [0.05, 0.1) is 0 Å². The van der Waals surface area contributed by atoms with E-state index in [-0.39, 0.29) is 10.7 Å². The van der Waals surface area contributed by atoms with Crippen molar-refractivity contribution in [3.05, 3.63) is 0 Å². The van der Waals surface area contributed by atoms with Gasteiger partial charge >= 0.3 is 5.97 Å². The fraction of sp³-hybridized carbons (Fsp3) is 0.714. The van der Waals surface area contributed by atoms with E-state index in [1.54, 1.807) is 0 Å². The smallest absolute Gasteiger partial charge is 0.326 e. The van der Waals surface area contributed by atoms with E-state index in [2.05, 4.69) is 15.9 Å². The van der Waals surface area contributed by atoms with Gasteiger partial charge in [0.1, 0.15) is 6.04 Å². The zero-order valence-corrected chi connectivity index (χ0v) is 8.24. The van der Waals surface area contributed by atoms with Crippen molar-refractivity contribution in [3.8, 4) is 0 Å². The first-order chi connectivity index (χ1) is 5.52. The summed E-state index contributed by atoms with van der Waals surface area (Å²) >= 11 is 3.28. The normalized spacial score (nSPS) is 26.0. The van der Waals surface area contributed by atoms with Gasteiger partial charge in [-0.3, -0.25) is 4.79 Å². The molecule has 12 heavy (non-hydrogen) atoms. The summed E-state index contributed by atoms with van der Waals surface area (Å²) in [5.41, 5.74) is 0. The molecule has 5 heteroatoms. The monoisotopic (exact) mass is 235 g/mol. The number of hydrogen-bond donors (Lipinski definition) is 1. The van der Waals surface area contributed by atoms with Crippen molar-refractivity contribution in [2.75, 3.05) is 6.54 Å². The molecule has 1 N–H and O–H groups in total. The SMILES string of the molecule is C[C@@H](C(=O)O)N1CC(Br)CC1=O. The predicted molar refractivity (Wildman–Crippen MR) is 46.1 cm³/mol. The number of nitrogens with zero attached hydrogens (tertiary/aromatic N) is 1. The Morgan fingerprint density at radius 2 is 2.42 bits per heavy atom. The molecule has 1 amide bonds. The third-order valence-electron chi connectivity index (χ3n) is 1.94. The topological polar surface area (TPSA) is 57.6 Å². The number of likely N-dealkylation sites (tertiary alicyclic amines) is 1. The highest BCUT2D eigenvalue weighted by Gasteiger charge is 2.33. The molecule has 0 saturated carbocycles. The van der Waals surface area contributed by atoms with Gasteiger partial charge in [-0.25, -0.2) is 4.79 Å². The number of carboxylic acid groups (broad SMARTS) is 1. The zero-order chi connectivity index (χ0) is 9.30. The summed E-state index contributed by atoms with van der Waals surface area (Å²) in [7, 11) is 0. The van der Waals surface area contributed by atoms with Crippen LogP contribution in [0.2, 0.25) is 0 Å². The van der Waals surface area contributed by atoms with Gasteiger partial charge in [-0.05, 0) is 6.92 Å². The maximum atomic E-state index is 11.2. The van der Waals surface area contributed by atoms with E-state index in [4.69, 9.17) is 5.11 Å². The number of hydrogen-bond acceptors (Lipinski definition) is 2. The van der Waals surface area contributed by atoms with Crippen molar-refractivity contribution in [2.24, 2.45) is 0 Å². The van der Waals surface area contributed by atoms with Crippen LogP contribution in [0.4, 0.5) is 0 Å². The quantitative estimate of drug-likeness (QED) is 0.708. The standard InChI is InChI=1S/C7H10BrNO3/c1-4(7(11)12)9-3-5(8)2-6(9)10/h4-5H,2-3H2,1H3,(H,11,12)/t4-,5?/m0/s1. The van der Waals surface area contributed by atoms with Crippen LogP contribution in [0.3, 0.4) is 0 Å². The number of carbonyl (C=O) groups excluding carboxylic acids is 1. The van der Waals surface area contributed by atoms with Gasteiger partial charge in [0.15, 0.2) is 0 Å². The molecule has 1 heterocycles. The summed E-state index contributed by atoms with van der Waals surface area (Å²) in [6.07, 6.45) is 0.400. The maximum absolute atomic E-state index is 11.2. The van der Waals surface area contributed by atoms with Crippen molar-refractivity contribution >= 4 is 27.8 Å². The van der Waals surface area contributed by atoms with Crippen molar-refractivity contribution in [3.63, 3.8) is 0 Å². The van der Waals surface area contributed by atoms with Crippen LogP contribution in [0.1, 0.15) is 13.3 Å². The highest BCUT2D eigenvalue weighted by atomic mass is 79.9. The highest BCUT2D eigenvalue weighted by Crippen LogP contribution is 2.20. The number of rotatable bonds is 2. The van der Waals surface area contributed by atoms with Crippen LogP contribution in [0, 0.1) is 0 Å². The third-order valence-corrected chi connectivity index (χ3v) is 2.55. The summed E-state index contributed by atoms with van der Waals surface area (Å²) in [5, 5.41) is 8.64. The fourth-order valence-corrected chi connectivity index (χ4v) is 1.78. The number of alkyl halides is 1. The van der Waals surface area contributed by atoms with Crippen LogP contribution >= 0.6 is 15.9 Å². The zero-order valence-electron chi connectivity index (χ0n) is 6.66. The summed E-state index contributed by atoms with van der Waals surface area (Å²) in [6.45, 7) is 2.01. The molecule has 0 aromatic heterocycles. The molecule has 4 nitrogen and oxygen atoms in total.